The van der Waals surface area contributed by atoms with E-state index in [-0.39, 0.29) is 11.5 Å². The van der Waals surface area contributed by atoms with Crippen molar-refractivity contribution in [2.75, 3.05) is 18.0 Å². The minimum absolute atomic E-state index is 0.00755. The van der Waals surface area contributed by atoms with E-state index < -0.39 is 0 Å². The van der Waals surface area contributed by atoms with Gasteiger partial charge < -0.3 is 15.3 Å². The summed E-state index contributed by atoms with van der Waals surface area (Å²) >= 11 is 1.76. The Morgan fingerprint density at radius 2 is 2.16 bits per heavy atom. The third kappa shape index (κ3) is 2.93. The normalized spacial score (nSPS) is 25.1. The standard InChI is InChI=1S/C14H25N3OS/c1-5-17(6-2)13-16-9-10(19-13)8-15-11-7-12(18)14(11,3)4/h9,11-12,15,18H,5-8H2,1-4H3. The molecule has 0 amide bonds. The number of aliphatic hydroxyl groups excluding tert-OH is 1. The lowest BCUT2D eigenvalue weighted by Gasteiger charge is -2.49. The summed E-state index contributed by atoms with van der Waals surface area (Å²) < 4.78 is 0. The first-order chi connectivity index (χ1) is 8.98. The molecule has 0 saturated heterocycles. The van der Waals surface area contributed by atoms with Gasteiger partial charge in [-0.2, -0.15) is 0 Å². The van der Waals surface area contributed by atoms with E-state index in [1.165, 1.54) is 4.88 Å². The number of aromatic nitrogens is 1. The molecule has 2 atom stereocenters. The van der Waals surface area contributed by atoms with Gasteiger partial charge in [-0.15, -0.1) is 11.3 Å². The maximum atomic E-state index is 9.73. The van der Waals surface area contributed by atoms with Crippen molar-refractivity contribution < 1.29 is 5.11 Å². The summed E-state index contributed by atoms with van der Waals surface area (Å²) in [7, 11) is 0. The second kappa shape index (κ2) is 5.77. The van der Waals surface area contributed by atoms with Gasteiger partial charge in [0.1, 0.15) is 0 Å². The SMILES string of the molecule is CCN(CC)c1ncc(CNC2CC(O)C2(C)C)s1. The number of hydrogen-bond donors (Lipinski definition) is 2. The maximum Gasteiger partial charge on any atom is 0.185 e. The summed E-state index contributed by atoms with van der Waals surface area (Å²) in [5.74, 6) is 0. The van der Waals surface area contributed by atoms with Gasteiger partial charge in [0.15, 0.2) is 5.13 Å². The lowest BCUT2D eigenvalue weighted by atomic mass is 9.64. The molecule has 1 aromatic rings. The molecule has 1 aromatic heterocycles. The third-order valence-corrected chi connectivity index (χ3v) is 5.37. The molecule has 1 aliphatic carbocycles. The van der Waals surface area contributed by atoms with Gasteiger partial charge in [-0.25, -0.2) is 4.98 Å². The summed E-state index contributed by atoms with van der Waals surface area (Å²) in [4.78, 5) is 8.02. The van der Waals surface area contributed by atoms with E-state index >= 15 is 0 Å². The van der Waals surface area contributed by atoms with Crippen LogP contribution in [0.5, 0.6) is 0 Å². The molecule has 0 aliphatic heterocycles. The van der Waals surface area contributed by atoms with Crippen LogP contribution in [0.15, 0.2) is 6.20 Å². The van der Waals surface area contributed by atoms with E-state index in [0.717, 1.165) is 31.2 Å². The third-order valence-electron chi connectivity index (χ3n) is 4.31. The van der Waals surface area contributed by atoms with Crippen LogP contribution in [0.1, 0.15) is 39.0 Å². The Morgan fingerprint density at radius 3 is 2.68 bits per heavy atom. The van der Waals surface area contributed by atoms with Crippen LogP contribution in [0, 0.1) is 5.41 Å². The summed E-state index contributed by atoms with van der Waals surface area (Å²) in [5.41, 5.74) is -0.00755. The monoisotopic (exact) mass is 283 g/mol. The second-order valence-electron chi connectivity index (χ2n) is 5.79. The van der Waals surface area contributed by atoms with Crippen molar-refractivity contribution in [3.8, 4) is 0 Å². The fraction of sp³-hybridized carbons (Fsp3) is 0.786. The van der Waals surface area contributed by atoms with Crippen molar-refractivity contribution in [1.29, 1.82) is 0 Å². The van der Waals surface area contributed by atoms with Crippen LogP contribution in [-0.2, 0) is 6.54 Å². The largest absolute Gasteiger partial charge is 0.392 e. The first-order valence-electron chi connectivity index (χ1n) is 7.10. The van der Waals surface area contributed by atoms with Crippen molar-refractivity contribution in [1.82, 2.24) is 10.3 Å². The van der Waals surface area contributed by atoms with E-state index in [1.54, 1.807) is 11.3 Å². The molecule has 2 N–H and O–H groups in total. The van der Waals surface area contributed by atoms with Gasteiger partial charge in [-0.1, -0.05) is 13.8 Å². The minimum atomic E-state index is -0.169. The van der Waals surface area contributed by atoms with Crippen molar-refractivity contribution in [2.45, 2.75) is 52.8 Å². The number of hydrogen-bond acceptors (Lipinski definition) is 5. The molecule has 1 fully saturated rings. The van der Waals surface area contributed by atoms with E-state index in [2.05, 4.69) is 42.9 Å². The van der Waals surface area contributed by atoms with Crippen LogP contribution in [-0.4, -0.2) is 35.3 Å². The zero-order valence-electron chi connectivity index (χ0n) is 12.3. The molecule has 0 spiro atoms. The van der Waals surface area contributed by atoms with Crippen LogP contribution in [0.4, 0.5) is 5.13 Å². The van der Waals surface area contributed by atoms with E-state index in [9.17, 15) is 5.11 Å². The highest BCUT2D eigenvalue weighted by Crippen LogP contribution is 2.40. The molecule has 19 heavy (non-hydrogen) atoms. The number of anilines is 1. The number of aliphatic hydroxyl groups is 1. The summed E-state index contributed by atoms with van der Waals surface area (Å²) in [6.07, 6.45) is 2.65. The zero-order valence-corrected chi connectivity index (χ0v) is 13.1. The molecule has 2 rings (SSSR count). The molecule has 0 aromatic carbocycles. The van der Waals surface area contributed by atoms with Gasteiger partial charge in [-0.3, -0.25) is 0 Å². The number of nitrogens with one attached hydrogen (secondary N) is 1. The lowest BCUT2D eigenvalue weighted by molar-refractivity contribution is -0.0729. The number of thiazole rings is 1. The van der Waals surface area contributed by atoms with E-state index in [0.29, 0.717) is 6.04 Å². The first-order valence-corrected chi connectivity index (χ1v) is 7.91. The highest BCUT2D eigenvalue weighted by atomic mass is 32.1. The van der Waals surface area contributed by atoms with Crippen LogP contribution in [0.3, 0.4) is 0 Å². The Hall–Kier alpha value is -0.650. The molecule has 5 heteroatoms. The van der Waals surface area contributed by atoms with Crippen molar-refractivity contribution in [3.63, 3.8) is 0 Å². The molecule has 108 valence electrons. The number of nitrogens with zero attached hydrogens (tertiary/aromatic N) is 2. The topological polar surface area (TPSA) is 48.4 Å². The Bertz CT molecular complexity index is 415. The van der Waals surface area contributed by atoms with Crippen LogP contribution in [0.25, 0.3) is 0 Å². The smallest absolute Gasteiger partial charge is 0.185 e. The van der Waals surface area contributed by atoms with Gasteiger partial charge in [0, 0.05) is 42.2 Å². The average molecular weight is 283 g/mol. The molecular formula is C14H25N3OS. The summed E-state index contributed by atoms with van der Waals surface area (Å²) in [6.45, 7) is 11.4. The fourth-order valence-corrected chi connectivity index (χ4v) is 3.48. The van der Waals surface area contributed by atoms with Crippen molar-refractivity contribution >= 4 is 16.5 Å². The van der Waals surface area contributed by atoms with Gasteiger partial charge in [0.2, 0.25) is 0 Å². The maximum absolute atomic E-state index is 9.73. The fourth-order valence-electron chi connectivity index (χ4n) is 2.49. The van der Waals surface area contributed by atoms with Gasteiger partial charge in [0.05, 0.1) is 6.10 Å². The Kier molecular flexibility index (Phi) is 4.48. The van der Waals surface area contributed by atoms with Gasteiger partial charge in [-0.05, 0) is 20.3 Å². The quantitative estimate of drug-likeness (QED) is 0.840. The highest BCUT2D eigenvalue weighted by molar-refractivity contribution is 7.15. The van der Waals surface area contributed by atoms with Crippen molar-refractivity contribution in [2.24, 2.45) is 5.41 Å². The molecule has 0 radical (unpaired) electrons. The molecule has 1 aliphatic rings. The molecular weight excluding hydrogens is 258 g/mol. The average Bonchev–Trinajstić information content (AvgIpc) is 2.84. The highest BCUT2D eigenvalue weighted by Gasteiger charge is 2.46. The number of rotatable bonds is 6. The van der Waals surface area contributed by atoms with E-state index in [4.69, 9.17) is 0 Å². The molecule has 0 bridgehead atoms. The predicted molar refractivity (Wildman–Crippen MR) is 80.7 cm³/mol. The van der Waals surface area contributed by atoms with Crippen LogP contribution >= 0.6 is 11.3 Å². The lowest BCUT2D eigenvalue weighted by Crippen LogP contribution is -2.59. The van der Waals surface area contributed by atoms with Gasteiger partial charge in [0.25, 0.3) is 0 Å². The minimum Gasteiger partial charge on any atom is -0.392 e. The Balaban J connectivity index is 1.87. The molecule has 4 nitrogen and oxygen atoms in total. The second-order valence-corrected chi connectivity index (χ2v) is 6.88. The predicted octanol–water partition coefficient (Wildman–Crippen LogP) is 2.24. The molecule has 1 heterocycles. The Morgan fingerprint density at radius 1 is 1.47 bits per heavy atom. The zero-order chi connectivity index (χ0) is 14.0. The molecule has 1 saturated carbocycles. The summed E-state index contributed by atoms with van der Waals surface area (Å²) in [5, 5.41) is 14.4. The summed E-state index contributed by atoms with van der Waals surface area (Å²) in [6, 6.07) is 0.404. The molecule has 2 unspecified atom stereocenters. The van der Waals surface area contributed by atoms with E-state index in [1.807, 2.05) is 6.20 Å². The Labute approximate surface area is 119 Å². The van der Waals surface area contributed by atoms with Crippen molar-refractivity contribution in [3.05, 3.63) is 11.1 Å². The van der Waals surface area contributed by atoms with Crippen LogP contribution < -0.4 is 10.2 Å². The first kappa shape index (κ1) is 14.8. The van der Waals surface area contributed by atoms with Crippen LogP contribution in [0.2, 0.25) is 0 Å². The van der Waals surface area contributed by atoms with Gasteiger partial charge >= 0.3 is 0 Å².